The number of hydrogen-bond acceptors (Lipinski definition) is 4. The average molecular weight is 213 g/mol. The Kier molecular flexibility index (Phi) is 4.55. The summed E-state index contributed by atoms with van der Waals surface area (Å²) >= 11 is 1.65. The molecule has 1 heterocycles. The Morgan fingerprint density at radius 2 is 2.43 bits per heavy atom. The topological polar surface area (TPSA) is 54.0 Å². The number of amides is 1. The molecule has 1 rings (SSSR count). The fourth-order valence-electron chi connectivity index (χ4n) is 0.990. The van der Waals surface area contributed by atoms with Crippen molar-refractivity contribution in [2.24, 2.45) is 0 Å². The first kappa shape index (κ1) is 11.1. The van der Waals surface area contributed by atoms with Crippen molar-refractivity contribution in [2.75, 3.05) is 13.6 Å². The van der Waals surface area contributed by atoms with Crippen molar-refractivity contribution in [3.8, 4) is 0 Å². The first-order chi connectivity index (χ1) is 6.76. The van der Waals surface area contributed by atoms with Crippen LogP contribution in [0.3, 0.4) is 0 Å². The van der Waals surface area contributed by atoms with Gasteiger partial charge in [-0.15, -0.1) is 11.3 Å². The molecule has 5 heteroatoms. The van der Waals surface area contributed by atoms with Gasteiger partial charge in [0.1, 0.15) is 5.01 Å². The molecule has 1 aromatic rings. The Balaban J connectivity index is 2.34. The Bertz CT molecular complexity index is 298. The van der Waals surface area contributed by atoms with E-state index in [4.69, 9.17) is 0 Å². The smallest absolute Gasteiger partial charge is 0.234 e. The van der Waals surface area contributed by atoms with Gasteiger partial charge >= 0.3 is 0 Å². The van der Waals surface area contributed by atoms with Gasteiger partial charge in [-0.05, 0) is 13.5 Å². The standard InChI is InChI=1S/C9H15N3OS/c1-3-7-4-12-9(14-7)6-11-8(13)5-10-2/h4,10H,3,5-6H2,1-2H3,(H,11,13). The SMILES string of the molecule is CCc1cnc(CNC(=O)CNC)s1. The van der Waals surface area contributed by atoms with Crippen LogP contribution in [0.4, 0.5) is 0 Å². The van der Waals surface area contributed by atoms with Gasteiger partial charge in [0, 0.05) is 11.1 Å². The molecule has 0 aliphatic carbocycles. The molecule has 78 valence electrons. The number of rotatable bonds is 5. The quantitative estimate of drug-likeness (QED) is 0.750. The third-order valence-corrected chi connectivity index (χ3v) is 2.87. The molecule has 0 radical (unpaired) electrons. The van der Waals surface area contributed by atoms with E-state index < -0.39 is 0 Å². The molecule has 1 aromatic heterocycles. The summed E-state index contributed by atoms with van der Waals surface area (Å²) in [6, 6.07) is 0. The van der Waals surface area contributed by atoms with Gasteiger partial charge in [0.25, 0.3) is 0 Å². The second-order valence-electron chi connectivity index (χ2n) is 2.88. The number of nitrogens with zero attached hydrogens (tertiary/aromatic N) is 1. The predicted molar refractivity (Wildman–Crippen MR) is 57.3 cm³/mol. The van der Waals surface area contributed by atoms with Crippen molar-refractivity contribution in [1.29, 1.82) is 0 Å². The molecular weight excluding hydrogens is 198 g/mol. The highest BCUT2D eigenvalue weighted by Gasteiger charge is 2.02. The third kappa shape index (κ3) is 3.43. The summed E-state index contributed by atoms with van der Waals surface area (Å²) in [5, 5.41) is 6.54. The minimum absolute atomic E-state index is 0.000693. The summed E-state index contributed by atoms with van der Waals surface area (Å²) in [6.45, 7) is 2.98. The lowest BCUT2D eigenvalue weighted by molar-refractivity contribution is -0.120. The van der Waals surface area contributed by atoms with Gasteiger partial charge in [-0.1, -0.05) is 6.92 Å². The summed E-state index contributed by atoms with van der Waals surface area (Å²) in [7, 11) is 1.75. The number of aryl methyl sites for hydroxylation is 1. The summed E-state index contributed by atoms with van der Waals surface area (Å²) in [4.78, 5) is 16.6. The maximum atomic E-state index is 11.1. The predicted octanol–water partition coefficient (Wildman–Crippen LogP) is 0.541. The van der Waals surface area contributed by atoms with Crippen molar-refractivity contribution in [1.82, 2.24) is 15.6 Å². The van der Waals surface area contributed by atoms with Crippen LogP contribution in [-0.2, 0) is 17.8 Å². The zero-order chi connectivity index (χ0) is 10.4. The Labute approximate surface area is 87.7 Å². The van der Waals surface area contributed by atoms with Crippen LogP contribution in [0.2, 0.25) is 0 Å². The van der Waals surface area contributed by atoms with Crippen LogP contribution >= 0.6 is 11.3 Å². The number of hydrogen-bond donors (Lipinski definition) is 2. The van der Waals surface area contributed by atoms with Crippen LogP contribution < -0.4 is 10.6 Å². The summed E-state index contributed by atoms with van der Waals surface area (Å²) < 4.78 is 0. The van der Waals surface area contributed by atoms with Crippen molar-refractivity contribution < 1.29 is 4.79 Å². The average Bonchev–Trinajstić information content (AvgIpc) is 2.63. The summed E-state index contributed by atoms with van der Waals surface area (Å²) in [5.41, 5.74) is 0. The third-order valence-electron chi connectivity index (χ3n) is 1.72. The molecule has 14 heavy (non-hydrogen) atoms. The van der Waals surface area contributed by atoms with Crippen LogP contribution in [-0.4, -0.2) is 24.5 Å². The van der Waals surface area contributed by atoms with Crippen molar-refractivity contribution in [3.05, 3.63) is 16.1 Å². The molecule has 0 fully saturated rings. The molecule has 0 spiro atoms. The molecule has 0 aliphatic heterocycles. The second-order valence-corrected chi connectivity index (χ2v) is 4.08. The minimum Gasteiger partial charge on any atom is -0.348 e. The summed E-state index contributed by atoms with van der Waals surface area (Å²) in [6.07, 6.45) is 2.87. The molecule has 0 saturated carbocycles. The fourth-order valence-corrected chi connectivity index (χ4v) is 1.79. The van der Waals surface area contributed by atoms with Crippen LogP contribution in [0.5, 0.6) is 0 Å². The van der Waals surface area contributed by atoms with Crippen molar-refractivity contribution in [3.63, 3.8) is 0 Å². The minimum atomic E-state index is 0.000693. The van der Waals surface area contributed by atoms with Crippen LogP contribution in [0.25, 0.3) is 0 Å². The molecule has 0 bridgehead atoms. The van der Waals surface area contributed by atoms with Gasteiger partial charge in [0.2, 0.25) is 5.91 Å². The first-order valence-corrected chi connectivity index (χ1v) is 5.42. The largest absolute Gasteiger partial charge is 0.348 e. The first-order valence-electron chi connectivity index (χ1n) is 4.61. The number of carbonyl (C=O) groups excluding carboxylic acids is 1. The molecule has 1 amide bonds. The maximum absolute atomic E-state index is 11.1. The van der Waals surface area contributed by atoms with Gasteiger partial charge in [-0.3, -0.25) is 4.79 Å². The van der Waals surface area contributed by atoms with E-state index >= 15 is 0 Å². The monoisotopic (exact) mass is 213 g/mol. The van der Waals surface area contributed by atoms with E-state index in [0.29, 0.717) is 13.1 Å². The van der Waals surface area contributed by atoms with Crippen molar-refractivity contribution >= 4 is 17.2 Å². The van der Waals surface area contributed by atoms with Gasteiger partial charge in [-0.25, -0.2) is 4.98 Å². The second kappa shape index (κ2) is 5.72. The van der Waals surface area contributed by atoms with Gasteiger partial charge in [0.05, 0.1) is 13.1 Å². The zero-order valence-corrected chi connectivity index (χ0v) is 9.28. The molecule has 2 N–H and O–H groups in total. The Morgan fingerprint density at radius 1 is 1.64 bits per heavy atom. The van der Waals surface area contributed by atoms with Gasteiger partial charge < -0.3 is 10.6 Å². The highest BCUT2D eigenvalue weighted by atomic mass is 32.1. The molecular formula is C9H15N3OS. The van der Waals surface area contributed by atoms with Crippen LogP contribution in [0.15, 0.2) is 6.20 Å². The normalized spacial score (nSPS) is 10.1. The molecule has 0 atom stereocenters. The van der Waals surface area contributed by atoms with E-state index in [9.17, 15) is 4.79 Å². The van der Waals surface area contributed by atoms with E-state index in [1.54, 1.807) is 18.4 Å². The lowest BCUT2D eigenvalue weighted by Gasteiger charge is -2.00. The number of aromatic nitrogens is 1. The number of nitrogens with one attached hydrogen (secondary N) is 2. The van der Waals surface area contributed by atoms with Crippen molar-refractivity contribution in [2.45, 2.75) is 19.9 Å². The summed E-state index contributed by atoms with van der Waals surface area (Å²) in [5.74, 6) is 0.000693. The Morgan fingerprint density at radius 3 is 3.00 bits per heavy atom. The highest BCUT2D eigenvalue weighted by molar-refractivity contribution is 7.11. The molecule has 0 unspecified atom stereocenters. The van der Waals surface area contributed by atoms with E-state index in [1.807, 2.05) is 6.20 Å². The molecule has 0 saturated heterocycles. The number of likely N-dealkylation sites (N-methyl/N-ethyl adjacent to an activating group) is 1. The molecule has 0 aromatic carbocycles. The van der Waals surface area contributed by atoms with E-state index in [-0.39, 0.29) is 5.91 Å². The lowest BCUT2D eigenvalue weighted by atomic mass is 10.4. The zero-order valence-electron chi connectivity index (χ0n) is 8.46. The molecule has 4 nitrogen and oxygen atoms in total. The van der Waals surface area contributed by atoms with E-state index in [0.717, 1.165) is 11.4 Å². The van der Waals surface area contributed by atoms with E-state index in [2.05, 4.69) is 22.5 Å². The fraction of sp³-hybridized carbons (Fsp3) is 0.556. The van der Waals surface area contributed by atoms with Crippen LogP contribution in [0, 0.1) is 0 Å². The Hall–Kier alpha value is -0.940. The van der Waals surface area contributed by atoms with Gasteiger partial charge in [-0.2, -0.15) is 0 Å². The molecule has 0 aliphatic rings. The van der Waals surface area contributed by atoms with Crippen LogP contribution in [0.1, 0.15) is 16.8 Å². The van der Waals surface area contributed by atoms with E-state index in [1.165, 1.54) is 4.88 Å². The number of carbonyl (C=O) groups is 1. The maximum Gasteiger partial charge on any atom is 0.234 e. The number of thiazole rings is 1. The van der Waals surface area contributed by atoms with Gasteiger partial charge in [0.15, 0.2) is 0 Å². The highest BCUT2D eigenvalue weighted by Crippen LogP contribution is 2.12. The lowest BCUT2D eigenvalue weighted by Crippen LogP contribution is -2.31.